The summed E-state index contributed by atoms with van der Waals surface area (Å²) in [6.07, 6.45) is 8.12. The summed E-state index contributed by atoms with van der Waals surface area (Å²) in [7, 11) is 0. The molecule has 5 heteroatoms. The van der Waals surface area contributed by atoms with Crippen molar-refractivity contribution in [1.82, 2.24) is 19.5 Å². The molecule has 0 aliphatic heterocycles. The lowest BCUT2D eigenvalue weighted by Gasteiger charge is -2.16. The van der Waals surface area contributed by atoms with Crippen molar-refractivity contribution in [3.63, 3.8) is 0 Å². The molecule has 0 bridgehead atoms. The Morgan fingerprint density at radius 3 is 2.80 bits per heavy atom. The van der Waals surface area contributed by atoms with Gasteiger partial charge in [0.1, 0.15) is 5.82 Å². The van der Waals surface area contributed by atoms with E-state index in [1.807, 2.05) is 17.1 Å². The maximum absolute atomic E-state index is 9.60. The molecule has 1 N–H and O–H groups in total. The number of rotatable bonds is 3. The highest BCUT2D eigenvalue weighted by Crippen LogP contribution is 2.24. The number of hydrogen-bond donors (Lipinski definition) is 1. The second-order valence-electron chi connectivity index (χ2n) is 5.59. The van der Waals surface area contributed by atoms with Crippen molar-refractivity contribution < 1.29 is 5.11 Å². The van der Waals surface area contributed by atoms with Gasteiger partial charge in [0, 0.05) is 11.6 Å². The van der Waals surface area contributed by atoms with Crippen LogP contribution in [0.5, 0.6) is 0 Å². The van der Waals surface area contributed by atoms with E-state index in [1.54, 1.807) is 0 Å². The van der Waals surface area contributed by atoms with Crippen molar-refractivity contribution in [3.8, 4) is 5.69 Å². The minimum absolute atomic E-state index is 0.0788. The van der Waals surface area contributed by atoms with E-state index in [-0.39, 0.29) is 12.5 Å². The lowest BCUT2D eigenvalue weighted by molar-refractivity contribution is 0.275. The minimum Gasteiger partial charge on any atom is -0.390 e. The lowest BCUT2D eigenvalue weighted by Crippen LogP contribution is -2.11. The van der Waals surface area contributed by atoms with Crippen LogP contribution in [-0.2, 0) is 19.4 Å². The Balaban J connectivity index is 2.08. The van der Waals surface area contributed by atoms with Gasteiger partial charge in [-0.1, -0.05) is 13.8 Å². The Bertz CT molecular complexity index is 618. The number of hydrogen-bond acceptors (Lipinski definition) is 4. The quantitative estimate of drug-likeness (QED) is 0.930. The van der Waals surface area contributed by atoms with E-state index in [4.69, 9.17) is 0 Å². The van der Waals surface area contributed by atoms with Gasteiger partial charge in [0.2, 0.25) is 0 Å². The van der Waals surface area contributed by atoms with Crippen LogP contribution in [0.3, 0.4) is 0 Å². The molecule has 0 saturated heterocycles. The van der Waals surface area contributed by atoms with Crippen LogP contribution < -0.4 is 0 Å². The first-order valence-electron chi connectivity index (χ1n) is 7.23. The van der Waals surface area contributed by atoms with Crippen LogP contribution >= 0.6 is 0 Å². The molecule has 0 atom stereocenters. The highest BCUT2D eigenvalue weighted by atomic mass is 16.3. The summed E-state index contributed by atoms with van der Waals surface area (Å²) in [5.74, 6) is 1.03. The first kappa shape index (κ1) is 13.2. The van der Waals surface area contributed by atoms with Gasteiger partial charge in [-0.2, -0.15) is 0 Å². The van der Waals surface area contributed by atoms with Crippen molar-refractivity contribution in [3.05, 3.63) is 35.4 Å². The molecule has 0 unspecified atom stereocenters. The second-order valence-corrected chi connectivity index (χ2v) is 5.59. The van der Waals surface area contributed by atoms with Crippen LogP contribution in [0.25, 0.3) is 5.69 Å². The number of fused-ring (bicyclic) bond motifs is 1. The van der Waals surface area contributed by atoms with Crippen molar-refractivity contribution >= 4 is 0 Å². The molecule has 106 valence electrons. The summed E-state index contributed by atoms with van der Waals surface area (Å²) >= 11 is 0. The molecule has 0 aromatic carbocycles. The van der Waals surface area contributed by atoms with E-state index in [2.05, 4.69) is 28.8 Å². The first-order chi connectivity index (χ1) is 9.70. The zero-order valence-corrected chi connectivity index (χ0v) is 12.0. The smallest absolute Gasteiger partial charge is 0.131 e. The largest absolute Gasteiger partial charge is 0.390 e. The van der Waals surface area contributed by atoms with Gasteiger partial charge >= 0.3 is 0 Å². The Hall–Kier alpha value is -1.75. The number of imidazole rings is 1. The van der Waals surface area contributed by atoms with E-state index >= 15 is 0 Å². The summed E-state index contributed by atoms with van der Waals surface area (Å²) in [5, 5.41) is 9.60. The van der Waals surface area contributed by atoms with Crippen molar-refractivity contribution in [2.45, 2.75) is 52.1 Å². The second kappa shape index (κ2) is 5.32. The Kier molecular flexibility index (Phi) is 3.53. The highest BCUT2D eigenvalue weighted by Gasteiger charge is 2.19. The zero-order valence-electron chi connectivity index (χ0n) is 12.0. The van der Waals surface area contributed by atoms with E-state index < -0.39 is 0 Å². The molecule has 1 aliphatic rings. The third kappa shape index (κ3) is 2.22. The molecule has 3 rings (SSSR count). The average molecular weight is 272 g/mol. The minimum atomic E-state index is -0.0788. The highest BCUT2D eigenvalue weighted by molar-refractivity contribution is 5.38. The molecule has 2 heterocycles. The van der Waals surface area contributed by atoms with Gasteiger partial charge in [0.25, 0.3) is 0 Å². The average Bonchev–Trinajstić information content (AvgIpc) is 2.90. The van der Waals surface area contributed by atoms with Gasteiger partial charge in [0.05, 0.1) is 36.2 Å². The van der Waals surface area contributed by atoms with Gasteiger partial charge in [-0.05, 0) is 25.7 Å². The van der Waals surface area contributed by atoms with E-state index in [0.717, 1.165) is 24.4 Å². The number of aliphatic hydroxyl groups excluding tert-OH is 1. The fraction of sp³-hybridized carbons (Fsp3) is 0.533. The maximum Gasteiger partial charge on any atom is 0.131 e. The van der Waals surface area contributed by atoms with E-state index in [9.17, 15) is 5.11 Å². The van der Waals surface area contributed by atoms with Gasteiger partial charge in [-0.15, -0.1) is 0 Å². The summed E-state index contributed by atoms with van der Waals surface area (Å²) in [5.41, 5.74) is 3.95. The van der Waals surface area contributed by atoms with Crippen molar-refractivity contribution in [2.24, 2.45) is 0 Å². The molecule has 2 aromatic heterocycles. The fourth-order valence-electron chi connectivity index (χ4n) is 2.70. The Labute approximate surface area is 118 Å². The monoisotopic (exact) mass is 272 g/mol. The van der Waals surface area contributed by atoms with E-state index in [0.29, 0.717) is 5.69 Å². The molecule has 0 fully saturated rings. The predicted molar refractivity (Wildman–Crippen MR) is 75.8 cm³/mol. The first-order valence-corrected chi connectivity index (χ1v) is 7.23. The molecule has 0 spiro atoms. The standard InChI is InChI=1S/C15H20N4O/c1-10(2)15-16-7-14(12(8-20)18-15)19-9-17-11-5-3-4-6-13(11)19/h7,9-10,20H,3-6,8H2,1-2H3. The topological polar surface area (TPSA) is 63.8 Å². The van der Waals surface area contributed by atoms with Gasteiger partial charge in [-0.3, -0.25) is 4.57 Å². The molecular formula is C15H20N4O. The number of nitrogens with zero attached hydrogens (tertiary/aromatic N) is 4. The van der Waals surface area contributed by atoms with Crippen molar-refractivity contribution in [1.29, 1.82) is 0 Å². The van der Waals surface area contributed by atoms with E-state index in [1.165, 1.54) is 24.2 Å². The lowest BCUT2D eigenvalue weighted by atomic mass is 10.0. The third-order valence-corrected chi connectivity index (χ3v) is 3.82. The summed E-state index contributed by atoms with van der Waals surface area (Å²) in [6.45, 7) is 4.02. The van der Waals surface area contributed by atoms with Gasteiger partial charge < -0.3 is 5.11 Å². The molecule has 1 aliphatic carbocycles. The summed E-state index contributed by atoms with van der Waals surface area (Å²) in [4.78, 5) is 13.4. The number of aliphatic hydroxyl groups is 1. The van der Waals surface area contributed by atoms with Crippen LogP contribution in [0, 0.1) is 0 Å². The van der Waals surface area contributed by atoms with Crippen molar-refractivity contribution in [2.75, 3.05) is 0 Å². The molecule has 20 heavy (non-hydrogen) atoms. The zero-order chi connectivity index (χ0) is 14.1. The molecule has 0 saturated carbocycles. The van der Waals surface area contributed by atoms with Crippen LogP contribution in [0.2, 0.25) is 0 Å². The molecule has 2 aromatic rings. The predicted octanol–water partition coefficient (Wildman–Crippen LogP) is 2.16. The molecular weight excluding hydrogens is 252 g/mol. The normalized spacial score (nSPS) is 14.6. The number of aryl methyl sites for hydroxylation is 1. The molecule has 0 radical (unpaired) electrons. The molecule has 0 amide bonds. The van der Waals surface area contributed by atoms with Gasteiger partial charge in [0.15, 0.2) is 0 Å². The number of aromatic nitrogens is 4. The maximum atomic E-state index is 9.60. The van der Waals surface area contributed by atoms with Gasteiger partial charge in [-0.25, -0.2) is 15.0 Å². The fourth-order valence-corrected chi connectivity index (χ4v) is 2.70. The Morgan fingerprint density at radius 2 is 2.05 bits per heavy atom. The molecule has 5 nitrogen and oxygen atoms in total. The van der Waals surface area contributed by atoms with Crippen LogP contribution in [-0.4, -0.2) is 24.6 Å². The van der Waals surface area contributed by atoms with Crippen LogP contribution in [0.1, 0.15) is 55.5 Å². The Morgan fingerprint density at radius 1 is 1.25 bits per heavy atom. The van der Waals surface area contributed by atoms with Crippen LogP contribution in [0.4, 0.5) is 0 Å². The summed E-state index contributed by atoms with van der Waals surface area (Å²) in [6, 6.07) is 0. The third-order valence-electron chi connectivity index (χ3n) is 3.82. The van der Waals surface area contributed by atoms with Crippen LogP contribution in [0.15, 0.2) is 12.5 Å². The SMILES string of the molecule is CC(C)c1ncc(-n2cnc3c2CCCC3)c(CO)n1. The summed E-state index contributed by atoms with van der Waals surface area (Å²) < 4.78 is 2.05.